The van der Waals surface area contributed by atoms with Crippen molar-refractivity contribution in [1.82, 2.24) is 4.98 Å². The van der Waals surface area contributed by atoms with Gasteiger partial charge in [-0.05, 0) is 47.2 Å². The first-order valence-electron chi connectivity index (χ1n) is 7.94. The van der Waals surface area contributed by atoms with Gasteiger partial charge in [0, 0.05) is 24.5 Å². The largest absolute Gasteiger partial charge is 0.449 e. The van der Waals surface area contributed by atoms with Crippen molar-refractivity contribution in [3.63, 3.8) is 0 Å². The lowest BCUT2D eigenvalue weighted by Gasteiger charge is -2.23. The number of ether oxygens (including phenoxy) is 1. The smallest absolute Gasteiger partial charge is 0.411 e. The van der Waals surface area contributed by atoms with Gasteiger partial charge in [-0.25, -0.2) is 4.79 Å². The molecule has 0 spiro atoms. The van der Waals surface area contributed by atoms with Crippen LogP contribution in [-0.4, -0.2) is 17.7 Å². The Morgan fingerprint density at radius 2 is 1.78 bits per heavy atom. The van der Waals surface area contributed by atoms with Gasteiger partial charge in [-0.3, -0.25) is 10.3 Å². The quantitative estimate of drug-likeness (QED) is 0.850. The lowest BCUT2D eigenvalue weighted by molar-refractivity contribution is 0.163. The van der Waals surface area contributed by atoms with Gasteiger partial charge in [-0.2, -0.15) is 0 Å². The van der Waals surface area contributed by atoms with Crippen LogP contribution >= 0.6 is 0 Å². The Labute approximate surface area is 137 Å². The van der Waals surface area contributed by atoms with Gasteiger partial charge >= 0.3 is 6.09 Å². The van der Waals surface area contributed by atoms with E-state index in [-0.39, 0.29) is 5.41 Å². The minimum Gasteiger partial charge on any atom is -0.449 e. The molecule has 0 aliphatic heterocycles. The van der Waals surface area contributed by atoms with E-state index in [2.05, 4.69) is 43.2 Å². The van der Waals surface area contributed by atoms with Gasteiger partial charge in [0.2, 0.25) is 0 Å². The third-order valence-electron chi connectivity index (χ3n) is 4.17. The lowest BCUT2D eigenvalue weighted by Crippen LogP contribution is -2.17. The van der Waals surface area contributed by atoms with Crippen LogP contribution in [0.25, 0.3) is 0 Å². The van der Waals surface area contributed by atoms with E-state index in [4.69, 9.17) is 4.74 Å². The predicted molar refractivity (Wildman–Crippen MR) is 92.7 cm³/mol. The molecule has 0 atom stereocenters. The minimum atomic E-state index is -0.429. The van der Waals surface area contributed by atoms with Gasteiger partial charge < -0.3 is 4.74 Å². The number of carbonyl (C=O) groups is 1. The molecule has 0 bridgehead atoms. The first-order chi connectivity index (χ1) is 11.0. The normalized spacial score (nSPS) is 11.1. The Kier molecular flexibility index (Phi) is 5.74. The van der Waals surface area contributed by atoms with Gasteiger partial charge in [0.25, 0.3) is 0 Å². The van der Waals surface area contributed by atoms with Crippen LogP contribution in [0, 0.1) is 0 Å². The fraction of sp³-hybridized carbons (Fsp3) is 0.368. The minimum absolute atomic E-state index is 0.142. The molecule has 0 aliphatic carbocycles. The first-order valence-corrected chi connectivity index (χ1v) is 7.94. The molecular weight excluding hydrogens is 288 g/mol. The highest BCUT2D eigenvalue weighted by Crippen LogP contribution is 2.27. The van der Waals surface area contributed by atoms with Gasteiger partial charge in [0.1, 0.15) is 0 Å². The molecule has 0 saturated heterocycles. The maximum absolute atomic E-state index is 11.8. The van der Waals surface area contributed by atoms with Crippen molar-refractivity contribution in [1.29, 1.82) is 0 Å². The molecule has 1 amide bonds. The summed E-state index contributed by atoms with van der Waals surface area (Å²) in [4.78, 5) is 15.7. The molecule has 0 fully saturated rings. The molecule has 1 aromatic carbocycles. The molecule has 1 aromatic heterocycles. The van der Waals surface area contributed by atoms with Crippen molar-refractivity contribution in [2.24, 2.45) is 0 Å². The summed E-state index contributed by atoms with van der Waals surface area (Å²) >= 11 is 0. The second kappa shape index (κ2) is 7.77. The van der Waals surface area contributed by atoms with E-state index in [0.29, 0.717) is 13.0 Å². The third-order valence-corrected chi connectivity index (χ3v) is 4.17. The van der Waals surface area contributed by atoms with Crippen LogP contribution < -0.4 is 5.32 Å². The molecule has 23 heavy (non-hydrogen) atoms. The number of nitrogens with one attached hydrogen (secondary N) is 1. The molecule has 122 valence electrons. The van der Waals surface area contributed by atoms with E-state index in [1.165, 1.54) is 5.56 Å². The van der Waals surface area contributed by atoms with Crippen molar-refractivity contribution in [2.75, 3.05) is 11.9 Å². The highest BCUT2D eigenvalue weighted by atomic mass is 16.5. The van der Waals surface area contributed by atoms with Crippen LogP contribution in [0.1, 0.15) is 38.3 Å². The van der Waals surface area contributed by atoms with E-state index >= 15 is 0 Å². The summed E-state index contributed by atoms with van der Waals surface area (Å²) in [6.07, 6.45) is 4.78. The Morgan fingerprint density at radius 3 is 2.39 bits per heavy atom. The highest BCUT2D eigenvalue weighted by molar-refractivity contribution is 5.84. The number of hydrogen-bond donors (Lipinski definition) is 1. The number of aromatic nitrogens is 1. The molecule has 0 saturated carbocycles. The molecule has 0 aliphatic rings. The number of benzene rings is 1. The van der Waals surface area contributed by atoms with Crippen molar-refractivity contribution in [2.45, 2.75) is 39.0 Å². The topological polar surface area (TPSA) is 51.2 Å². The van der Waals surface area contributed by atoms with Crippen LogP contribution in [-0.2, 0) is 16.6 Å². The summed E-state index contributed by atoms with van der Waals surface area (Å²) in [6.45, 7) is 6.94. The maximum Gasteiger partial charge on any atom is 0.411 e. The molecule has 1 N–H and O–H groups in total. The number of anilines is 1. The number of carbonyl (C=O) groups excluding carboxylic acids is 1. The van der Waals surface area contributed by atoms with E-state index in [1.54, 1.807) is 12.4 Å². The maximum atomic E-state index is 11.8. The highest BCUT2D eigenvalue weighted by Gasteiger charge is 2.17. The second-order valence-corrected chi connectivity index (χ2v) is 6.18. The van der Waals surface area contributed by atoms with E-state index < -0.39 is 6.09 Å². The third kappa shape index (κ3) is 5.09. The summed E-state index contributed by atoms with van der Waals surface area (Å²) in [5.74, 6) is 0. The molecule has 1 heterocycles. The molecule has 4 heteroatoms. The number of nitrogens with zero attached hydrogens (tertiary/aromatic N) is 1. The lowest BCUT2D eigenvalue weighted by atomic mass is 9.82. The van der Waals surface area contributed by atoms with Crippen LogP contribution in [0.5, 0.6) is 0 Å². The van der Waals surface area contributed by atoms with Gasteiger partial charge in [-0.15, -0.1) is 0 Å². The summed E-state index contributed by atoms with van der Waals surface area (Å²) in [7, 11) is 0. The average Bonchev–Trinajstić information content (AvgIpc) is 2.56. The summed E-state index contributed by atoms with van der Waals surface area (Å²) in [6, 6.07) is 11.8. The van der Waals surface area contributed by atoms with Crippen molar-refractivity contribution in [3.8, 4) is 0 Å². The first kappa shape index (κ1) is 17.0. The monoisotopic (exact) mass is 312 g/mol. The predicted octanol–water partition coefficient (Wildman–Crippen LogP) is 4.56. The zero-order valence-electron chi connectivity index (χ0n) is 14.0. The Morgan fingerprint density at radius 1 is 1.13 bits per heavy atom. The number of hydrogen-bond acceptors (Lipinski definition) is 3. The molecular formula is C19H24N2O2. The molecule has 4 nitrogen and oxygen atoms in total. The molecule has 0 unspecified atom stereocenters. The van der Waals surface area contributed by atoms with Crippen LogP contribution in [0.3, 0.4) is 0 Å². The molecule has 0 radical (unpaired) electrons. The molecule has 2 rings (SSSR count). The van der Waals surface area contributed by atoms with Crippen LogP contribution in [0.2, 0.25) is 0 Å². The zero-order chi connectivity index (χ0) is 16.7. The van der Waals surface area contributed by atoms with Crippen LogP contribution in [0.15, 0.2) is 48.8 Å². The molecule has 2 aromatic rings. The van der Waals surface area contributed by atoms with Gasteiger partial charge in [0.05, 0.1) is 6.61 Å². The van der Waals surface area contributed by atoms with E-state index in [0.717, 1.165) is 17.7 Å². The van der Waals surface area contributed by atoms with Gasteiger partial charge in [-0.1, -0.05) is 32.9 Å². The second-order valence-electron chi connectivity index (χ2n) is 6.18. The zero-order valence-corrected chi connectivity index (χ0v) is 14.0. The van der Waals surface area contributed by atoms with Crippen molar-refractivity contribution >= 4 is 11.8 Å². The van der Waals surface area contributed by atoms with Crippen LogP contribution in [0.4, 0.5) is 10.5 Å². The summed E-state index contributed by atoms with van der Waals surface area (Å²) in [5, 5.41) is 2.75. The summed E-state index contributed by atoms with van der Waals surface area (Å²) < 4.78 is 5.20. The fourth-order valence-electron chi connectivity index (χ4n) is 2.17. The Hall–Kier alpha value is -2.36. The number of amides is 1. The Bertz CT molecular complexity index is 622. The fourth-order valence-corrected chi connectivity index (χ4v) is 2.17. The van der Waals surface area contributed by atoms with Gasteiger partial charge in [0.15, 0.2) is 0 Å². The average molecular weight is 312 g/mol. The van der Waals surface area contributed by atoms with E-state index in [9.17, 15) is 4.79 Å². The number of rotatable bonds is 6. The van der Waals surface area contributed by atoms with Crippen molar-refractivity contribution in [3.05, 3.63) is 59.9 Å². The SMILES string of the molecule is CCC(C)(C)c1ccc(NC(=O)OCCc2ccncc2)cc1. The number of pyridine rings is 1. The van der Waals surface area contributed by atoms with Crippen molar-refractivity contribution < 1.29 is 9.53 Å². The summed E-state index contributed by atoms with van der Waals surface area (Å²) in [5.41, 5.74) is 3.24. The Balaban J connectivity index is 1.81. The van der Waals surface area contributed by atoms with E-state index in [1.807, 2.05) is 24.3 Å². The standard InChI is InChI=1S/C19H24N2O2/c1-4-19(2,3)16-5-7-17(8-6-16)21-18(22)23-14-11-15-9-12-20-13-10-15/h5-10,12-13H,4,11,14H2,1-3H3,(H,21,22).